The van der Waals surface area contributed by atoms with Crippen molar-refractivity contribution in [1.82, 2.24) is 0 Å². The van der Waals surface area contributed by atoms with Crippen LogP contribution in [0.25, 0.3) is 0 Å². The summed E-state index contributed by atoms with van der Waals surface area (Å²) in [5, 5.41) is 22.8. The van der Waals surface area contributed by atoms with Gasteiger partial charge < -0.3 is 19.8 Å². The molecule has 0 saturated carbocycles. The van der Waals surface area contributed by atoms with Gasteiger partial charge in [0, 0.05) is 24.0 Å². The summed E-state index contributed by atoms with van der Waals surface area (Å²) in [7, 11) is 0. The second kappa shape index (κ2) is 8.89. The lowest BCUT2D eigenvalue weighted by Gasteiger charge is -2.20. The normalized spacial score (nSPS) is 10.2. The van der Waals surface area contributed by atoms with Crippen LogP contribution in [0.2, 0.25) is 0 Å². The third-order valence-corrected chi connectivity index (χ3v) is 4.03. The number of hydrogen-bond acceptors (Lipinski definition) is 6. The van der Waals surface area contributed by atoms with E-state index in [4.69, 9.17) is 0 Å². The van der Waals surface area contributed by atoms with Gasteiger partial charge in [-0.1, -0.05) is 25.3 Å². The number of benzene rings is 1. The third kappa shape index (κ3) is 5.24. The van der Waals surface area contributed by atoms with Gasteiger partial charge in [-0.05, 0) is 49.0 Å². The Kier molecular flexibility index (Phi) is 7.19. The van der Waals surface area contributed by atoms with Crippen LogP contribution >= 0.6 is 0 Å². The Morgan fingerprint density at radius 2 is 1.08 bits per heavy atom. The van der Waals surface area contributed by atoms with Crippen LogP contribution in [0.3, 0.4) is 0 Å². The Morgan fingerprint density at radius 1 is 0.769 bits per heavy atom. The highest BCUT2D eigenvalue weighted by Gasteiger charge is 2.17. The minimum Gasteiger partial charge on any atom is -0.545 e. The van der Waals surface area contributed by atoms with Crippen LogP contribution in [0.5, 0.6) is 0 Å². The topological polar surface area (TPSA) is 114 Å². The molecule has 26 heavy (non-hydrogen) atoms. The summed E-state index contributed by atoms with van der Waals surface area (Å²) in [5.41, 5.74) is 0.543. The first-order chi connectivity index (χ1) is 12.1. The molecule has 0 unspecified atom stereocenters. The molecule has 1 aromatic carbocycles. The first-order valence-electron chi connectivity index (χ1n) is 8.01. The van der Waals surface area contributed by atoms with Crippen molar-refractivity contribution in [3.63, 3.8) is 0 Å². The van der Waals surface area contributed by atoms with E-state index in [2.05, 4.69) is 13.2 Å². The van der Waals surface area contributed by atoms with Gasteiger partial charge in [-0.15, -0.1) is 0 Å². The number of aromatic carboxylic acids is 2. The van der Waals surface area contributed by atoms with E-state index < -0.39 is 11.9 Å². The molecule has 6 heteroatoms. The van der Waals surface area contributed by atoms with E-state index in [-0.39, 0.29) is 59.5 Å². The predicted molar refractivity (Wildman–Crippen MR) is 91.4 cm³/mol. The zero-order chi connectivity index (χ0) is 20.0. The molecule has 0 aromatic heterocycles. The molecule has 0 spiro atoms. The number of ketones is 2. The fourth-order valence-corrected chi connectivity index (χ4v) is 2.55. The number of carboxylic acids is 2. The Bertz CT molecular complexity index is 734. The first-order valence-corrected chi connectivity index (χ1v) is 8.01. The monoisotopic (exact) mass is 356 g/mol. The second-order valence-corrected chi connectivity index (χ2v) is 6.10. The van der Waals surface area contributed by atoms with Crippen LogP contribution in [0.4, 0.5) is 0 Å². The maximum Gasteiger partial charge on any atom is 0.158 e. The lowest BCUT2D eigenvalue weighted by atomic mass is 9.88. The Labute approximate surface area is 151 Å². The van der Waals surface area contributed by atoms with Crippen molar-refractivity contribution < 1.29 is 29.4 Å². The van der Waals surface area contributed by atoms with E-state index in [1.165, 1.54) is 13.8 Å². The Morgan fingerprint density at radius 3 is 1.31 bits per heavy atom. The zero-order valence-corrected chi connectivity index (χ0v) is 14.8. The van der Waals surface area contributed by atoms with Crippen molar-refractivity contribution >= 4 is 23.5 Å². The summed E-state index contributed by atoms with van der Waals surface area (Å²) in [6.07, 6.45) is -0.0828. The zero-order valence-electron chi connectivity index (χ0n) is 14.8. The molecule has 0 saturated heterocycles. The molecule has 0 amide bonds. The third-order valence-electron chi connectivity index (χ3n) is 4.03. The van der Waals surface area contributed by atoms with E-state index in [0.717, 1.165) is 12.1 Å². The van der Waals surface area contributed by atoms with Gasteiger partial charge in [-0.25, -0.2) is 0 Å². The highest BCUT2D eigenvalue weighted by atomic mass is 16.4. The quantitative estimate of drug-likeness (QED) is 0.566. The van der Waals surface area contributed by atoms with E-state index in [0.29, 0.717) is 11.1 Å². The number of allylic oxidation sites excluding steroid dienone is 2. The number of Topliss-reactive ketones (excluding diaryl/α,β-unsaturated/α-hetero) is 2. The maximum absolute atomic E-state index is 11.8. The van der Waals surface area contributed by atoms with Crippen molar-refractivity contribution in [2.75, 3.05) is 0 Å². The number of carbonyl (C=O) groups excluding carboxylic acids is 4. The molecule has 1 rings (SSSR count). The lowest BCUT2D eigenvalue weighted by Crippen LogP contribution is -2.28. The van der Waals surface area contributed by atoms with Crippen LogP contribution in [0.1, 0.15) is 58.5 Å². The SMILES string of the molecule is C=C(C)C(=O)CCc1c(C(=O)[O-])ccc(C(=O)[O-])c1CCC(=O)C(=C)C. The van der Waals surface area contributed by atoms with Gasteiger partial charge in [0.25, 0.3) is 0 Å². The summed E-state index contributed by atoms with van der Waals surface area (Å²) in [6.45, 7) is 10.1. The van der Waals surface area contributed by atoms with E-state index >= 15 is 0 Å². The van der Waals surface area contributed by atoms with Crippen molar-refractivity contribution in [3.05, 3.63) is 58.7 Å². The van der Waals surface area contributed by atoms with Gasteiger partial charge >= 0.3 is 0 Å². The first kappa shape index (κ1) is 21.0. The molecular formula is C20H20O6-2. The molecule has 0 radical (unpaired) electrons. The van der Waals surface area contributed by atoms with Crippen LogP contribution in [-0.2, 0) is 22.4 Å². The highest BCUT2D eigenvalue weighted by Crippen LogP contribution is 2.24. The average Bonchev–Trinajstić information content (AvgIpc) is 2.56. The van der Waals surface area contributed by atoms with Crippen molar-refractivity contribution in [2.45, 2.75) is 39.5 Å². The van der Waals surface area contributed by atoms with Gasteiger partial charge in [-0.2, -0.15) is 0 Å². The largest absolute Gasteiger partial charge is 0.545 e. The molecule has 0 aliphatic heterocycles. The summed E-state index contributed by atoms with van der Waals surface area (Å²) in [6, 6.07) is 2.23. The van der Waals surface area contributed by atoms with Gasteiger partial charge in [0.15, 0.2) is 11.6 Å². The number of hydrogen-bond donors (Lipinski definition) is 0. The van der Waals surface area contributed by atoms with Gasteiger partial charge in [0.2, 0.25) is 0 Å². The molecule has 0 N–H and O–H groups in total. The predicted octanol–water partition coefficient (Wildman–Crippen LogP) is 0.569. The van der Waals surface area contributed by atoms with Crippen molar-refractivity contribution in [2.24, 2.45) is 0 Å². The van der Waals surface area contributed by atoms with Gasteiger partial charge in [-0.3, -0.25) is 9.59 Å². The van der Waals surface area contributed by atoms with Crippen LogP contribution in [-0.4, -0.2) is 23.5 Å². The van der Waals surface area contributed by atoms with E-state index in [1.807, 2.05) is 0 Å². The molecule has 0 heterocycles. The molecule has 0 aliphatic rings. The molecule has 0 atom stereocenters. The molecular weight excluding hydrogens is 336 g/mol. The fraction of sp³-hybridized carbons (Fsp3) is 0.300. The van der Waals surface area contributed by atoms with Gasteiger partial charge in [0.1, 0.15) is 0 Å². The van der Waals surface area contributed by atoms with E-state index in [9.17, 15) is 29.4 Å². The summed E-state index contributed by atoms with van der Waals surface area (Å²) < 4.78 is 0. The number of carbonyl (C=O) groups is 4. The second-order valence-electron chi connectivity index (χ2n) is 6.10. The van der Waals surface area contributed by atoms with Gasteiger partial charge in [0.05, 0.1) is 11.9 Å². The smallest absolute Gasteiger partial charge is 0.158 e. The lowest BCUT2D eigenvalue weighted by molar-refractivity contribution is -0.256. The van der Waals surface area contributed by atoms with Crippen molar-refractivity contribution in [3.8, 4) is 0 Å². The van der Waals surface area contributed by atoms with Crippen LogP contribution in [0.15, 0.2) is 36.4 Å². The average molecular weight is 356 g/mol. The van der Waals surface area contributed by atoms with Crippen LogP contribution < -0.4 is 10.2 Å². The Balaban J connectivity index is 3.40. The fourth-order valence-electron chi connectivity index (χ4n) is 2.55. The van der Waals surface area contributed by atoms with Crippen molar-refractivity contribution in [1.29, 1.82) is 0 Å². The maximum atomic E-state index is 11.8. The summed E-state index contributed by atoms with van der Waals surface area (Å²) in [4.78, 5) is 46.5. The van der Waals surface area contributed by atoms with Crippen LogP contribution in [0, 0.1) is 0 Å². The molecule has 6 nitrogen and oxygen atoms in total. The molecule has 0 aliphatic carbocycles. The number of rotatable bonds is 10. The summed E-state index contributed by atoms with van der Waals surface area (Å²) in [5.74, 6) is -3.51. The summed E-state index contributed by atoms with van der Waals surface area (Å²) >= 11 is 0. The molecule has 1 aromatic rings. The van der Waals surface area contributed by atoms with E-state index in [1.54, 1.807) is 0 Å². The standard InChI is InChI=1S/C20H22O6/c1-11(2)17(21)9-7-13-14(8-10-18(22)12(3)4)16(20(25)26)6-5-15(13)19(23)24/h5-6H,1,3,7-10H2,2,4H3,(H,23,24)(H,25,26)/p-2. The molecule has 138 valence electrons. The minimum absolute atomic E-state index is 0.00722. The Hall–Kier alpha value is -3.02. The minimum atomic E-state index is -1.49. The molecule has 0 fully saturated rings. The molecule has 0 bridgehead atoms. The highest BCUT2D eigenvalue weighted by molar-refractivity contribution is 5.97. The number of carboxylic acid groups (broad SMARTS) is 2.